The SMILES string of the molecule is CCC(C)(C)CNC(C)c1ccoc1. The topological polar surface area (TPSA) is 25.2 Å². The minimum absolute atomic E-state index is 0.373. The molecule has 0 bridgehead atoms. The van der Waals surface area contributed by atoms with Crippen molar-refractivity contribution in [3.63, 3.8) is 0 Å². The Balaban J connectivity index is 2.39. The molecule has 0 radical (unpaired) electrons. The molecule has 0 fully saturated rings. The van der Waals surface area contributed by atoms with E-state index in [1.165, 1.54) is 12.0 Å². The first-order chi connectivity index (χ1) is 6.55. The first-order valence-corrected chi connectivity index (χ1v) is 5.30. The molecule has 1 heterocycles. The number of nitrogens with one attached hydrogen (secondary N) is 1. The Morgan fingerprint density at radius 2 is 2.21 bits per heavy atom. The summed E-state index contributed by atoms with van der Waals surface area (Å²) in [6.45, 7) is 9.99. The van der Waals surface area contributed by atoms with Crippen LogP contribution in [0.5, 0.6) is 0 Å². The molecule has 2 heteroatoms. The van der Waals surface area contributed by atoms with E-state index >= 15 is 0 Å². The smallest absolute Gasteiger partial charge is 0.0950 e. The lowest BCUT2D eigenvalue weighted by Crippen LogP contribution is -2.30. The highest BCUT2D eigenvalue weighted by atomic mass is 16.3. The summed E-state index contributed by atoms with van der Waals surface area (Å²) < 4.78 is 5.05. The van der Waals surface area contributed by atoms with E-state index in [-0.39, 0.29) is 0 Å². The van der Waals surface area contributed by atoms with Crippen LogP contribution in [0.25, 0.3) is 0 Å². The zero-order valence-electron chi connectivity index (χ0n) is 9.63. The van der Waals surface area contributed by atoms with Crippen molar-refractivity contribution in [3.05, 3.63) is 24.2 Å². The van der Waals surface area contributed by atoms with Gasteiger partial charge in [-0.1, -0.05) is 20.8 Å². The van der Waals surface area contributed by atoms with Gasteiger partial charge in [0.1, 0.15) is 0 Å². The van der Waals surface area contributed by atoms with Gasteiger partial charge in [-0.2, -0.15) is 0 Å². The summed E-state index contributed by atoms with van der Waals surface area (Å²) in [6, 6.07) is 2.39. The van der Waals surface area contributed by atoms with E-state index in [1.807, 2.05) is 6.07 Å². The molecule has 0 aliphatic rings. The van der Waals surface area contributed by atoms with Crippen molar-refractivity contribution in [2.24, 2.45) is 5.41 Å². The van der Waals surface area contributed by atoms with Crippen LogP contribution in [0, 0.1) is 5.41 Å². The molecule has 0 aliphatic carbocycles. The highest BCUT2D eigenvalue weighted by Crippen LogP contribution is 2.20. The molecule has 0 saturated carbocycles. The molecule has 0 aromatic carbocycles. The van der Waals surface area contributed by atoms with E-state index in [4.69, 9.17) is 4.42 Å². The zero-order chi connectivity index (χ0) is 10.6. The van der Waals surface area contributed by atoms with Crippen LogP contribution in [-0.4, -0.2) is 6.54 Å². The fourth-order valence-electron chi connectivity index (χ4n) is 1.19. The third-order valence-corrected chi connectivity index (χ3v) is 2.89. The summed E-state index contributed by atoms with van der Waals surface area (Å²) in [7, 11) is 0. The molecule has 0 aliphatic heterocycles. The van der Waals surface area contributed by atoms with E-state index in [0.717, 1.165) is 6.54 Å². The van der Waals surface area contributed by atoms with E-state index in [2.05, 4.69) is 33.0 Å². The van der Waals surface area contributed by atoms with Crippen LogP contribution in [0.4, 0.5) is 0 Å². The van der Waals surface area contributed by atoms with Crippen LogP contribution in [0.2, 0.25) is 0 Å². The van der Waals surface area contributed by atoms with Gasteiger partial charge >= 0.3 is 0 Å². The van der Waals surface area contributed by atoms with Crippen molar-refractivity contribution in [1.29, 1.82) is 0 Å². The molecule has 1 rings (SSSR count). The molecule has 14 heavy (non-hydrogen) atoms. The summed E-state index contributed by atoms with van der Waals surface area (Å²) >= 11 is 0. The number of hydrogen-bond acceptors (Lipinski definition) is 2. The molecular weight excluding hydrogens is 174 g/mol. The van der Waals surface area contributed by atoms with Gasteiger partial charge in [0.25, 0.3) is 0 Å². The van der Waals surface area contributed by atoms with Gasteiger partial charge in [-0.05, 0) is 24.8 Å². The minimum Gasteiger partial charge on any atom is -0.472 e. The average Bonchev–Trinajstić information content (AvgIpc) is 2.67. The summed E-state index contributed by atoms with van der Waals surface area (Å²) in [5.41, 5.74) is 1.59. The second-order valence-corrected chi connectivity index (χ2v) is 4.68. The van der Waals surface area contributed by atoms with Gasteiger partial charge in [0.15, 0.2) is 0 Å². The van der Waals surface area contributed by atoms with Crippen molar-refractivity contribution in [3.8, 4) is 0 Å². The van der Waals surface area contributed by atoms with Crippen LogP contribution in [0.3, 0.4) is 0 Å². The average molecular weight is 195 g/mol. The third-order valence-electron chi connectivity index (χ3n) is 2.89. The summed E-state index contributed by atoms with van der Waals surface area (Å²) in [5.74, 6) is 0. The Morgan fingerprint density at radius 1 is 1.50 bits per heavy atom. The first kappa shape index (κ1) is 11.3. The van der Waals surface area contributed by atoms with Crippen molar-refractivity contribution >= 4 is 0 Å². The standard InChI is InChI=1S/C12H21NO/c1-5-12(3,4)9-13-10(2)11-6-7-14-8-11/h6-8,10,13H,5,9H2,1-4H3. The fraction of sp³-hybridized carbons (Fsp3) is 0.667. The Hall–Kier alpha value is -0.760. The fourth-order valence-corrected chi connectivity index (χ4v) is 1.19. The second kappa shape index (κ2) is 4.65. The lowest BCUT2D eigenvalue weighted by molar-refractivity contribution is 0.313. The highest BCUT2D eigenvalue weighted by molar-refractivity contribution is 5.10. The van der Waals surface area contributed by atoms with Gasteiger partial charge < -0.3 is 9.73 Å². The molecule has 1 aromatic rings. The van der Waals surface area contributed by atoms with Crippen molar-refractivity contribution in [2.75, 3.05) is 6.54 Å². The predicted molar refractivity (Wildman–Crippen MR) is 59.2 cm³/mol. The van der Waals surface area contributed by atoms with Gasteiger partial charge in [-0.25, -0.2) is 0 Å². The van der Waals surface area contributed by atoms with Crippen LogP contribution in [-0.2, 0) is 0 Å². The van der Waals surface area contributed by atoms with Gasteiger partial charge in [-0.15, -0.1) is 0 Å². The lowest BCUT2D eigenvalue weighted by Gasteiger charge is -2.25. The molecule has 2 nitrogen and oxygen atoms in total. The second-order valence-electron chi connectivity index (χ2n) is 4.68. The monoisotopic (exact) mass is 195 g/mol. The molecule has 1 atom stereocenters. The first-order valence-electron chi connectivity index (χ1n) is 5.30. The Morgan fingerprint density at radius 3 is 2.71 bits per heavy atom. The molecule has 1 aromatic heterocycles. The minimum atomic E-state index is 0.373. The third kappa shape index (κ3) is 3.18. The van der Waals surface area contributed by atoms with Gasteiger partial charge in [0.05, 0.1) is 12.5 Å². The van der Waals surface area contributed by atoms with E-state index in [0.29, 0.717) is 11.5 Å². The number of hydrogen-bond donors (Lipinski definition) is 1. The van der Waals surface area contributed by atoms with Crippen LogP contribution in [0.15, 0.2) is 23.0 Å². The molecule has 1 N–H and O–H groups in total. The maximum Gasteiger partial charge on any atom is 0.0950 e. The molecule has 0 spiro atoms. The summed E-state index contributed by atoms with van der Waals surface area (Å²) in [6.07, 6.45) is 4.72. The molecule has 1 unspecified atom stereocenters. The molecule has 80 valence electrons. The van der Waals surface area contributed by atoms with Crippen LogP contribution < -0.4 is 5.32 Å². The lowest BCUT2D eigenvalue weighted by atomic mass is 9.90. The normalized spacial score (nSPS) is 14.3. The Kier molecular flexibility index (Phi) is 3.76. The van der Waals surface area contributed by atoms with Gasteiger partial charge in [-0.3, -0.25) is 0 Å². The summed E-state index contributed by atoms with van der Waals surface area (Å²) in [4.78, 5) is 0. The number of furan rings is 1. The largest absolute Gasteiger partial charge is 0.472 e. The van der Waals surface area contributed by atoms with Crippen molar-refractivity contribution in [2.45, 2.75) is 40.2 Å². The number of rotatable bonds is 5. The highest BCUT2D eigenvalue weighted by Gasteiger charge is 2.16. The van der Waals surface area contributed by atoms with Gasteiger partial charge in [0, 0.05) is 18.2 Å². The molecular formula is C12H21NO. The maximum atomic E-state index is 5.05. The maximum absolute atomic E-state index is 5.05. The van der Waals surface area contributed by atoms with Gasteiger partial charge in [0.2, 0.25) is 0 Å². The predicted octanol–water partition coefficient (Wildman–Crippen LogP) is 3.37. The molecule has 0 saturated heterocycles. The van der Waals surface area contributed by atoms with Crippen LogP contribution in [0.1, 0.15) is 45.7 Å². The van der Waals surface area contributed by atoms with Crippen LogP contribution >= 0.6 is 0 Å². The Bertz CT molecular complexity index is 251. The van der Waals surface area contributed by atoms with E-state index in [1.54, 1.807) is 12.5 Å². The van der Waals surface area contributed by atoms with E-state index in [9.17, 15) is 0 Å². The van der Waals surface area contributed by atoms with Crippen molar-refractivity contribution in [1.82, 2.24) is 5.32 Å². The zero-order valence-corrected chi connectivity index (χ0v) is 9.63. The summed E-state index contributed by atoms with van der Waals surface area (Å²) in [5, 5.41) is 3.52. The van der Waals surface area contributed by atoms with E-state index < -0.39 is 0 Å². The Labute approximate surface area is 86.7 Å². The van der Waals surface area contributed by atoms with Crippen molar-refractivity contribution < 1.29 is 4.42 Å². The molecule has 0 amide bonds. The quantitative estimate of drug-likeness (QED) is 0.779.